The molecule has 0 unspecified atom stereocenters. The number of hydrogen-bond acceptors (Lipinski definition) is 3. The van der Waals surface area contributed by atoms with Crippen LogP contribution in [0.4, 0.5) is 5.69 Å². The van der Waals surface area contributed by atoms with Crippen molar-refractivity contribution >= 4 is 46.9 Å². The van der Waals surface area contributed by atoms with Gasteiger partial charge in [0, 0.05) is 22.0 Å². The van der Waals surface area contributed by atoms with E-state index < -0.39 is 0 Å². The summed E-state index contributed by atoms with van der Waals surface area (Å²) in [5, 5.41) is 6.44. The lowest BCUT2D eigenvalue weighted by Gasteiger charge is -2.19. The van der Waals surface area contributed by atoms with Crippen molar-refractivity contribution in [2.24, 2.45) is 0 Å². The van der Waals surface area contributed by atoms with E-state index in [-0.39, 0.29) is 11.8 Å². The summed E-state index contributed by atoms with van der Waals surface area (Å²) in [4.78, 5) is 26.6. The average molecular weight is 435 g/mol. The van der Waals surface area contributed by atoms with Crippen molar-refractivity contribution in [2.75, 3.05) is 5.32 Å². The minimum Gasteiger partial charge on any atom is -0.348 e. The highest BCUT2D eigenvalue weighted by Crippen LogP contribution is 2.39. The number of fused-ring (bicyclic) bond motifs is 1. The normalized spacial score (nSPS) is 14.2. The third kappa shape index (κ3) is 4.75. The molecule has 2 amide bonds. The molecule has 4 rings (SSSR count). The van der Waals surface area contributed by atoms with Gasteiger partial charge < -0.3 is 10.6 Å². The van der Waals surface area contributed by atoms with E-state index in [0.29, 0.717) is 27.7 Å². The van der Waals surface area contributed by atoms with Crippen LogP contribution in [-0.2, 0) is 11.3 Å². The number of benzene rings is 3. The summed E-state index contributed by atoms with van der Waals surface area (Å²) in [7, 11) is 0. The number of nitrogens with one attached hydrogen (secondary N) is 2. The van der Waals surface area contributed by atoms with Gasteiger partial charge in [0.1, 0.15) is 0 Å². The molecule has 0 atom stereocenters. The molecule has 0 aliphatic carbocycles. The SMILES string of the molecule is Cc1cccc(C=C2Sc3ccc(C(=O)NCc4ccc(Cl)cc4)cc3NC2=O)c1. The van der Waals surface area contributed by atoms with Gasteiger partial charge in [0.05, 0.1) is 10.6 Å². The van der Waals surface area contributed by atoms with Gasteiger partial charge in [-0.2, -0.15) is 0 Å². The highest BCUT2D eigenvalue weighted by molar-refractivity contribution is 8.04. The largest absolute Gasteiger partial charge is 0.348 e. The highest BCUT2D eigenvalue weighted by atomic mass is 35.5. The summed E-state index contributed by atoms with van der Waals surface area (Å²) >= 11 is 7.29. The number of amides is 2. The maximum Gasteiger partial charge on any atom is 0.262 e. The number of anilines is 1. The standard InChI is InChI=1S/C24H19ClN2O2S/c1-15-3-2-4-17(11-15)12-22-24(29)27-20-13-18(7-10-21(20)30-22)23(28)26-14-16-5-8-19(25)9-6-16/h2-13H,14H2,1H3,(H,26,28)(H,27,29). The predicted molar refractivity (Wildman–Crippen MR) is 123 cm³/mol. The van der Waals surface area contributed by atoms with Gasteiger partial charge >= 0.3 is 0 Å². The Labute approximate surface area is 184 Å². The number of aryl methyl sites for hydroxylation is 1. The molecule has 1 aliphatic heterocycles. The van der Waals surface area contributed by atoms with Crippen molar-refractivity contribution in [2.45, 2.75) is 18.4 Å². The maximum absolute atomic E-state index is 12.6. The van der Waals surface area contributed by atoms with Gasteiger partial charge in [0.15, 0.2) is 0 Å². The number of carbonyl (C=O) groups excluding carboxylic acids is 2. The fourth-order valence-corrected chi connectivity index (χ4v) is 4.16. The van der Waals surface area contributed by atoms with Crippen LogP contribution in [0.2, 0.25) is 5.02 Å². The lowest BCUT2D eigenvalue weighted by atomic mass is 10.1. The monoisotopic (exact) mass is 434 g/mol. The topological polar surface area (TPSA) is 58.2 Å². The van der Waals surface area contributed by atoms with E-state index in [1.165, 1.54) is 11.8 Å². The molecule has 0 saturated carbocycles. The number of hydrogen-bond donors (Lipinski definition) is 2. The molecule has 0 fully saturated rings. The molecule has 3 aromatic rings. The van der Waals surface area contributed by atoms with Crippen LogP contribution in [0.1, 0.15) is 27.0 Å². The molecule has 2 N–H and O–H groups in total. The molecule has 150 valence electrons. The Morgan fingerprint density at radius 3 is 2.67 bits per heavy atom. The minimum atomic E-state index is -0.201. The fourth-order valence-electron chi connectivity index (χ4n) is 3.10. The van der Waals surface area contributed by atoms with Crippen LogP contribution in [0.3, 0.4) is 0 Å². The number of thioether (sulfide) groups is 1. The number of carbonyl (C=O) groups is 2. The first-order valence-electron chi connectivity index (χ1n) is 9.42. The summed E-state index contributed by atoms with van der Waals surface area (Å²) < 4.78 is 0. The van der Waals surface area contributed by atoms with Gasteiger partial charge in [-0.25, -0.2) is 0 Å². The summed E-state index contributed by atoms with van der Waals surface area (Å²) in [5.74, 6) is -0.374. The van der Waals surface area contributed by atoms with Crippen LogP contribution in [0.25, 0.3) is 6.08 Å². The third-order valence-corrected chi connectivity index (χ3v) is 5.99. The zero-order valence-corrected chi connectivity index (χ0v) is 17.8. The highest BCUT2D eigenvalue weighted by Gasteiger charge is 2.22. The second kappa shape index (κ2) is 8.78. The molecule has 30 heavy (non-hydrogen) atoms. The van der Waals surface area contributed by atoms with Crippen LogP contribution in [0, 0.1) is 6.92 Å². The van der Waals surface area contributed by atoms with E-state index in [4.69, 9.17) is 11.6 Å². The van der Waals surface area contributed by atoms with Crippen LogP contribution >= 0.6 is 23.4 Å². The Morgan fingerprint density at radius 1 is 1.10 bits per heavy atom. The first-order valence-corrected chi connectivity index (χ1v) is 10.6. The van der Waals surface area contributed by atoms with Crippen LogP contribution in [0.15, 0.2) is 76.5 Å². The van der Waals surface area contributed by atoms with E-state index in [1.807, 2.05) is 55.5 Å². The molecule has 0 aromatic heterocycles. The van der Waals surface area contributed by atoms with Crippen molar-refractivity contribution in [1.29, 1.82) is 0 Å². The molecule has 1 aliphatic rings. The zero-order valence-electron chi connectivity index (χ0n) is 16.2. The summed E-state index contributed by atoms with van der Waals surface area (Å²) in [6.07, 6.45) is 1.88. The quantitative estimate of drug-likeness (QED) is 0.520. The van der Waals surface area contributed by atoms with Gasteiger partial charge in [-0.05, 0) is 54.5 Å². The Balaban J connectivity index is 1.48. The van der Waals surface area contributed by atoms with Crippen molar-refractivity contribution in [3.63, 3.8) is 0 Å². The smallest absolute Gasteiger partial charge is 0.262 e. The molecular formula is C24H19ClN2O2S. The average Bonchev–Trinajstić information content (AvgIpc) is 2.73. The molecule has 0 spiro atoms. The second-order valence-corrected chi connectivity index (χ2v) is 8.52. The fraction of sp³-hybridized carbons (Fsp3) is 0.0833. The Kier molecular flexibility index (Phi) is 5.93. The summed E-state index contributed by atoms with van der Waals surface area (Å²) in [6.45, 7) is 2.42. The van der Waals surface area contributed by atoms with Crippen molar-refractivity contribution < 1.29 is 9.59 Å². The van der Waals surface area contributed by atoms with E-state index in [1.54, 1.807) is 24.3 Å². The van der Waals surface area contributed by atoms with Gasteiger partial charge in [-0.1, -0.05) is 65.3 Å². The van der Waals surface area contributed by atoms with E-state index in [0.717, 1.165) is 21.6 Å². The maximum atomic E-state index is 12.6. The predicted octanol–water partition coefficient (Wildman–Crippen LogP) is 5.66. The van der Waals surface area contributed by atoms with Crippen molar-refractivity contribution in [1.82, 2.24) is 5.32 Å². The molecule has 1 heterocycles. The molecular weight excluding hydrogens is 416 g/mol. The summed E-state index contributed by atoms with van der Waals surface area (Å²) in [5.41, 5.74) is 4.22. The van der Waals surface area contributed by atoms with Gasteiger partial charge in [0.25, 0.3) is 11.8 Å². The second-order valence-electron chi connectivity index (χ2n) is 7.00. The number of rotatable bonds is 4. The molecule has 0 saturated heterocycles. The Morgan fingerprint density at radius 2 is 1.90 bits per heavy atom. The molecule has 0 radical (unpaired) electrons. The van der Waals surface area contributed by atoms with Crippen molar-refractivity contribution in [3.8, 4) is 0 Å². The molecule has 3 aromatic carbocycles. The molecule has 0 bridgehead atoms. The molecule has 4 nitrogen and oxygen atoms in total. The van der Waals surface area contributed by atoms with Crippen LogP contribution < -0.4 is 10.6 Å². The van der Waals surface area contributed by atoms with Crippen molar-refractivity contribution in [3.05, 3.63) is 98.9 Å². The van der Waals surface area contributed by atoms with E-state index in [9.17, 15) is 9.59 Å². The third-order valence-electron chi connectivity index (χ3n) is 4.64. The van der Waals surface area contributed by atoms with Crippen LogP contribution in [-0.4, -0.2) is 11.8 Å². The van der Waals surface area contributed by atoms with E-state index in [2.05, 4.69) is 10.6 Å². The zero-order chi connectivity index (χ0) is 21.1. The summed E-state index contributed by atoms with van der Waals surface area (Å²) in [6, 6.07) is 20.6. The molecule has 6 heteroatoms. The van der Waals surface area contributed by atoms with E-state index >= 15 is 0 Å². The lowest BCUT2D eigenvalue weighted by Crippen LogP contribution is -2.23. The Bertz CT molecular complexity index is 1160. The first-order chi connectivity index (χ1) is 14.5. The van der Waals surface area contributed by atoms with Gasteiger partial charge in [-0.3, -0.25) is 9.59 Å². The number of halogens is 1. The van der Waals surface area contributed by atoms with Gasteiger partial charge in [0.2, 0.25) is 0 Å². The first kappa shape index (κ1) is 20.3. The minimum absolute atomic E-state index is 0.173. The van der Waals surface area contributed by atoms with Gasteiger partial charge in [-0.15, -0.1) is 0 Å². The lowest BCUT2D eigenvalue weighted by molar-refractivity contribution is -0.112. The van der Waals surface area contributed by atoms with Crippen LogP contribution in [0.5, 0.6) is 0 Å². The Hall–Kier alpha value is -3.02.